The largest absolute Gasteiger partial charge is 0.495 e. The van der Waals surface area contributed by atoms with Gasteiger partial charge in [-0.3, -0.25) is 9.59 Å². The molecular weight excluding hydrogens is 444 g/mol. The zero-order valence-electron chi connectivity index (χ0n) is 17.1. The first-order valence-corrected chi connectivity index (χ1v) is 11.7. The second-order valence-corrected chi connectivity index (χ2v) is 10.1. The third kappa shape index (κ3) is 5.89. The fourth-order valence-corrected chi connectivity index (χ4v) is 5.67. The van der Waals surface area contributed by atoms with Gasteiger partial charge in [0.1, 0.15) is 11.5 Å². The molecule has 0 radical (unpaired) electrons. The van der Waals surface area contributed by atoms with Crippen molar-refractivity contribution in [1.82, 2.24) is 5.32 Å². The number of nitrogens with one attached hydrogen (secondary N) is 2. The summed E-state index contributed by atoms with van der Waals surface area (Å²) >= 11 is 6.05. The van der Waals surface area contributed by atoms with E-state index >= 15 is 0 Å². The lowest BCUT2D eigenvalue weighted by molar-refractivity contribution is -0.118. The molecule has 3 rings (SSSR count). The van der Waals surface area contributed by atoms with Crippen molar-refractivity contribution >= 4 is 38.9 Å². The normalized spacial score (nSPS) is 19.5. The van der Waals surface area contributed by atoms with Gasteiger partial charge in [0.2, 0.25) is 0 Å². The van der Waals surface area contributed by atoms with Crippen molar-refractivity contribution in [2.45, 2.75) is 18.9 Å². The zero-order valence-corrected chi connectivity index (χ0v) is 18.7. The van der Waals surface area contributed by atoms with Crippen LogP contribution in [0.5, 0.6) is 11.5 Å². The number of methoxy groups -OCH3 is 1. The van der Waals surface area contributed by atoms with E-state index in [0.717, 1.165) is 0 Å². The van der Waals surface area contributed by atoms with E-state index in [2.05, 4.69) is 10.6 Å². The van der Waals surface area contributed by atoms with Gasteiger partial charge in [-0.2, -0.15) is 0 Å². The van der Waals surface area contributed by atoms with E-state index in [-0.39, 0.29) is 29.4 Å². The molecule has 1 saturated heterocycles. The molecule has 0 aliphatic carbocycles. The van der Waals surface area contributed by atoms with Gasteiger partial charge in [0.15, 0.2) is 16.4 Å². The first-order chi connectivity index (χ1) is 14.6. The van der Waals surface area contributed by atoms with Crippen LogP contribution in [0.3, 0.4) is 0 Å². The highest BCUT2D eigenvalue weighted by Gasteiger charge is 2.39. The first-order valence-electron chi connectivity index (χ1n) is 9.49. The molecule has 2 amide bonds. The van der Waals surface area contributed by atoms with Gasteiger partial charge in [0.25, 0.3) is 11.8 Å². The molecule has 0 saturated carbocycles. The van der Waals surface area contributed by atoms with Gasteiger partial charge >= 0.3 is 0 Å². The topological polar surface area (TPSA) is 111 Å². The highest BCUT2D eigenvalue weighted by molar-refractivity contribution is 7.91. The van der Waals surface area contributed by atoms with Crippen molar-refractivity contribution in [3.63, 3.8) is 0 Å². The average Bonchev–Trinajstić information content (AvgIpc) is 2.99. The Kier molecular flexibility index (Phi) is 6.76. The van der Waals surface area contributed by atoms with Gasteiger partial charge in [-0.25, -0.2) is 8.42 Å². The molecule has 1 aliphatic rings. The number of ether oxygens (including phenoxy) is 2. The molecule has 0 spiro atoms. The van der Waals surface area contributed by atoms with Gasteiger partial charge in [0, 0.05) is 5.69 Å². The maximum Gasteiger partial charge on any atom is 0.262 e. The van der Waals surface area contributed by atoms with E-state index in [1.54, 1.807) is 49.4 Å². The number of rotatable bonds is 7. The maximum absolute atomic E-state index is 12.8. The number of sulfone groups is 1. The van der Waals surface area contributed by atoms with Crippen LogP contribution >= 0.6 is 11.6 Å². The molecule has 2 N–H and O–H groups in total. The summed E-state index contributed by atoms with van der Waals surface area (Å²) in [6.07, 6.45) is 0.344. The van der Waals surface area contributed by atoms with E-state index < -0.39 is 27.2 Å². The number of benzene rings is 2. The minimum Gasteiger partial charge on any atom is -0.495 e. The fourth-order valence-electron chi connectivity index (χ4n) is 3.32. The summed E-state index contributed by atoms with van der Waals surface area (Å²) in [5, 5.41) is 5.79. The smallest absolute Gasteiger partial charge is 0.262 e. The molecule has 0 bridgehead atoms. The molecule has 166 valence electrons. The molecule has 8 nitrogen and oxygen atoms in total. The quantitative estimate of drug-likeness (QED) is 0.649. The Labute approximate surface area is 185 Å². The molecule has 1 aliphatic heterocycles. The lowest BCUT2D eigenvalue weighted by Crippen LogP contribution is -2.47. The van der Waals surface area contributed by atoms with Crippen molar-refractivity contribution in [3.05, 3.63) is 53.1 Å². The lowest BCUT2D eigenvalue weighted by atomic mass is 10.0. The summed E-state index contributed by atoms with van der Waals surface area (Å²) in [5.41, 5.74) is -0.150. The van der Waals surface area contributed by atoms with Gasteiger partial charge in [-0.05, 0) is 43.7 Å². The van der Waals surface area contributed by atoms with Crippen LogP contribution in [0, 0.1) is 0 Å². The SMILES string of the molecule is COc1ccc(NC(=O)COc2ccccc2C(=O)N[C@@]2(C)CCS(=O)(=O)C2)cc1Cl. The average molecular weight is 467 g/mol. The van der Waals surface area contributed by atoms with E-state index in [9.17, 15) is 18.0 Å². The number of carbonyl (C=O) groups is 2. The summed E-state index contributed by atoms with van der Waals surface area (Å²) in [6, 6.07) is 11.3. The van der Waals surface area contributed by atoms with Crippen molar-refractivity contribution < 1.29 is 27.5 Å². The number of anilines is 1. The van der Waals surface area contributed by atoms with Crippen LogP contribution < -0.4 is 20.1 Å². The number of para-hydroxylation sites is 1. The van der Waals surface area contributed by atoms with Crippen LogP contribution in [0.2, 0.25) is 5.02 Å². The molecule has 2 aromatic rings. The Balaban J connectivity index is 1.63. The van der Waals surface area contributed by atoms with Crippen LogP contribution in [0.1, 0.15) is 23.7 Å². The van der Waals surface area contributed by atoms with Crippen LogP contribution in [0.4, 0.5) is 5.69 Å². The second-order valence-electron chi connectivity index (χ2n) is 7.54. The highest BCUT2D eigenvalue weighted by Crippen LogP contribution is 2.27. The standard InChI is InChI=1S/C21H23ClN2O6S/c1-21(9-10-31(27,28)13-21)24-20(26)15-5-3-4-6-17(15)30-12-19(25)23-14-7-8-18(29-2)16(22)11-14/h3-8,11H,9-10,12-13H2,1-2H3,(H,23,25)(H,24,26)/t21-/m0/s1. The fraction of sp³-hybridized carbons (Fsp3) is 0.333. The van der Waals surface area contributed by atoms with Gasteiger partial charge in [-0.1, -0.05) is 23.7 Å². The Morgan fingerprint density at radius 1 is 1.16 bits per heavy atom. The summed E-state index contributed by atoms with van der Waals surface area (Å²) < 4.78 is 34.2. The van der Waals surface area contributed by atoms with Crippen molar-refractivity contribution in [2.24, 2.45) is 0 Å². The van der Waals surface area contributed by atoms with Crippen LogP contribution in [0.15, 0.2) is 42.5 Å². The second kappa shape index (κ2) is 9.15. The molecule has 0 aromatic heterocycles. The highest BCUT2D eigenvalue weighted by atomic mass is 35.5. The third-order valence-electron chi connectivity index (χ3n) is 4.84. The number of halogens is 1. The van der Waals surface area contributed by atoms with Crippen LogP contribution in [0.25, 0.3) is 0 Å². The molecule has 1 fully saturated rings. The summed E-state index contributed by atoms with van der Waals surface area (Å²) in [6.45, 7) is 1.37. The summed E-state index contributed by atoms with van der Waals surface area (Å²) in [4.78, 5) is 25.0. The maximum atomic E-state index is 12.8. The number of amides is 2. The van der Waals surface area contributed by atoms with E-state index in [1.165, 1.54) is 7.11 Å². The van der Waals surface area contributed by atoms with E-state index in [0.29, 0.717) is 22.9 Å². The van der Waals surface area contributed by atoms with Crippen molar-refractivity contribution in [2.75, 3.05) is 30.5 Å². The summed E-state index contributed by atoms with van der Waals surface area (Å²) in [7, 11) is -1.67. The molecule has 1 heterocycles. The molecule has 10 heteroatoms. The minimum absolute atomic E-state index is 0.0392. The van der Waals surface area contributed by atoms with Gasteiger partial charge in [0.05, 0.1) is 34.7 Å². The first kappa shape index (κ1) is 22.9. The minimum atomic E-state index is -3.17. The Hall–Kier alpha value is -2.78. The van der Waals surface area contributed by atoms with E-state index in [4.69, 9.17) is 21.1 Å². The Morgan fingerprint density at radius 2 is 1.90 bits per heavy atom. The van der Waals surface area contributed by atoms with E-state index in [1.807, 2.05) is 0 Å². The van der Waals surface area contributed by atoms with Crippen molar-refractivity contribution in [1.29, 1.82) is 0 Å². The number of hydrogen-bond acceptors (Lipinski definition) is 6. The molecule has 0 unspecified atom stereocenters. The predicted octanol–water partition coefficient (Wildman–Crippen LogP) is 2.67. The third-order valence-corrected chi connectivity index (χ3v) is 7.04. The molecule has 31 heavy (non-hydrogen) atoms. The molecule has 1 atom stereocenters. The predicted molar refractivity (Wildman–Crippen MR) is 118 cm³/mol. The summed E-state index contributed by atoms with van der Waals surface area (Å²) in [5.74, 6) is -0.270. The molecule has 2 aromatic carbocycles. The number of hydrogen-bond donors (Lipinski definition) is 2. The monoisotopic (exact) mass is 466 g/mol. The zero-order chi connectivity index (χ0) is 22.6. The lowest BCUT2D eigenvalue weighted by Gasteiger charge is -2.24. The Bertz CT molecular complexity index is 1100. The molecular formula is C21H23ClN2O6S. The van der Waals surface area contributed by atoms with Crippen molar-refractivity contribution in [3.8, 4) is 11.5 Å². The Morgan fingerprint density at radius 3 is 2.55 bits per heavy atom. The van der Waals surface area contributed by atoms with Gasteiger partial charge in [-0.15, -0.1) is 0 Å². The number of carbonyl (C=O) groups excluding carboxylic acids is 2. The van der Waals surface area contributed by atoms with Crippen LogP contribution in [-0.4, -0.2) is 51.0 Å². The van der Waals surface area contributed by atoms with Gasteiger partial charge < -0.3 is 20.1 Å². The van der Waals surface area contributed by atoms with Crippen LogP contribution in [-0.2, 0) is 14.6 Å².